The maximum Gasteiger partial charge on any atom is 0.282 e. The normalized spacial score (nSPS) is 13.6. The first kappa shape index (κ1) is 20.2. The lowest BCUT2D eigenvalue weighted by molar-refractivity contribution is 0.345. The van der Waals surface area contributed by atoms with Gasteiger partial charge in [-0.25, -0.2) is 9.37 Å². The first-order chi connectivity index (χ1) is 12.7. The van der Waals surface area contributed by atoms with Crippen molar-refractivity contribution in [1.82, 2.24) is 13.6 Å². The number of hydrogen-bond acceptors (Lipinski definition) is 4. The van der Waals surface area contributed by atoms with E-state index in [-0.39, 0.29) is 17.1 Å². The number of benzene rings is 2. The zero-order chi connectivity index (χ0) is 19.8. The van der Waals surface area contributed by atoms with Crippen molar-refractivity contribution in [1.29, 1.82) is 0 Å². The van der Waals surface area contributed by atoms with Gasteiger partial charge in [-0.3, -0.25) is 0 Å². The van der Waals surface area contributed by atoms with Crippen LogP contribution in [-0.4, -0.2) is 36.1 Å². The van der Waals surface area contributed by atoms with E-state index >= 15 is 0 Å². The number of rotatable bonds is 6. The molecule has 1 atom stereocenters. The van der Waals surface area contributed by atoms with E-state index in [1.807, 2.05) is 24.3 Å². The summed E-state index contributed by atoms with van der Waals surface area (Å²) in [6.07, 6.45) is 0. The number of halogens is 2. The monoisotopic (exact) mass is 427 g/mol. The van der Waals surface area contributed by atoms with Gasteiger partial charge in [0.2, 0.25) is 0 Å². The van der Waals surface area contributed by atoms with Crippen LogP contribution in [0.4, 0.5) is 4.39 Å². The van der Waals surface area contributed by atoms with Crippen LogP contribution in [0.2, 0.25) is 5.02 Å². The van der Waals surface area contributed by atoms with Crippen molar-refractivity contribution in [2.24, 2.45) is 0 Å². The Bertz CT molecular complexity index is 1020. The highest BCUT2D eigenvalue weighted by molar-refractivity contribution is 7.86. The molecule has 0 saturated carbocycles. The quantitative estimate of drug-likeness (QED) is 0.583. The molecular weight excluding hydrogens is 409 g/mol. The Morgan fingerprint density at radius 1 is 1.19 bits per heavy atom. The largest absolute Gasteiger partial charge is 0.282 e. The number of fused-ring (bicyclic) bond motifs is 1. The number of hydrogen-bond donors (Lipinski definition) is 0. The van der Waals surface area contributed by atoms with Gasteiger partial charge in [-0.15, -0.1) is 11.3 Å². The molecule has 144 valence electrons. The second kappa shape index (κ2) is 7.81. The van der Waals surface area contributed by atoms with E-state index in [2.05, 4.69) is 4.98 Å². The summed E-state index contributed by atoms with van der Waals surface area (Å²) in [6, 6.07) is 11.5. The fourth-order valence-corrected chi connectivity index (χ4v) is 5.22. The van der Waals surface area contributed by atoms with E-state index < -0.39 is 22.1 Å². The van der Waals surface area contributed by atoms with Crippen LogP contribution in [0.3, 0.4) is 0 Å². The van der Waals surface area contributed by atoms with E-state index in [1.165, 1.54) is 47.9 Å². The number of nitrogens with zero attached hydrogens (tertiary/aromatic N) is 3. The summed E-state index contributed by atoms with van der Waals surface area (Å²) in [6.45, 7) is 1.62. The molecule has 1 aromatic heterocycles. The van der Waals surface area contributed by atoms with Gasteiger partial charge in [0.15, 0.2) is 0 Å². The minimum absolute atomic E-state index is 0.145. The second-order valence-electron chi connectivity index (χ2n) is 6.18. The third-order valence-corrected chi connectivity index (χ3v) is 7.94. The van der Waals surface area contributed by atoms with Gasteiger partial charge in [0.25, 0.3) is 10.2 Å². The van der Waals surface area contributed by atoms with Crippen LogP contribution >= 0.6 is 22.9 Å². The van der Waals surface area contributed by atoms with Crippen LogP contribution in [0.1, 0.15) is 23.5 Å². The zero-order valence-electron chi connectivity index (χ0n) is 15.1. The molecule has 3 aromatic rings. The molecule has 2 aromatic carbocycles. The Kier molecular flexibility index (Phi) is 5.83. The average molecular weight is 428 g/mol. The highest BCUT2D eigenvalue weighted by Gasteiger charge is 2.31. The lowest BCUT2D eigenvalue weighted by Crippen LogP contribution is -2.40. The molecule has 0 saturated heterocycles. The SMILES string of the molecule is CC(c1nc2ccccc2s1)N(C)S(=O)(=O)N(C)Cc1c(F)cccc1Cl. The lowest BCUT2D eigenvalue weighted by atomic mass is 10.2. The fraction of sp³-hybridized carbons (Fsp3) is 0.278. The number of thiazole rings is 1. The molecule has 0 radical (unpaired) electrons. The van der Waals surface area contributed by atoms with Crippen molar-refractivity contribution in [2.75, 3.05) is 14.1 Å². The third-order valence-electron chi connectivity index (χ3n) is 4.41. The smallest absolute Gasteiger partial charge is 0.239 e. The van der Waals surface area contributed by atoms with E-state index in [0.717, 1.165) is 14.5 Å². The Morgan fingerprint density at radius 3 is 2.56 bits per heavy atom. The topological polar surface area (TPSA) is 53.5 Å². The molecule has 0 aliphatic carbocycles. The molecule has 0 bridgehead atoms. The number of aromatic nitrogens is 1. The van der Waals surface area contributed by atoms with Crippen molar-refractivity contribution in [3.63, 3.8) is 0 Å². The van der Waals surface area contributed by atoms with Gasteiger partial charge in [-0.2, -0.15) is 17.0 Å². The van der Waals surface area contributed by atoms with Crippen molar-refractivity contribution < 1.29 is 12.8 Å². The first-order valence-corrected chi connectivity index (χ1v) is 10.8. The molecule has 3 rings (SSSR count). The van der Waals surface area contributed by atoms with Gasteiger partial charge in [0.1, 0.15) is 10.8 Å². The van der Waals surface area contributed by atoms with Crippen molar-refractivity contribution in [3.8, 4) is 0 Å². The van der Waals surface area contributed by atoms with Gasteiger partial charge in [-0.05, 0) is 31.2 Å². The van der Waals surface area contributed by atoms with E-state index in [4.69, 9.17) is 11.6 Å². The molecule has 0 amide bonds. The fourth-order valence-electron chi connectivity index (χ4n) is 2.63. The van der Waals surface area contributed by atoms with Gasteiger partial charge in [0, 0.05) is 31.2 Å². The summed E-state index contributed by atoms with van der Waals surface area (Å²) in [4.78, 5) is 4.53. The van der Waals surface area contributed by atoms with E-state index in [1.54, 1.807) is 6.92 Å². The molecule has 0 spiro atoms. The second-order valence-corrected chi connectivity index (χ2v) is 9.74. The number of para-hydroxylation sites is 1. The van der Waals surface area contributed by atoms with Crippen LogP contribution in [0, 0.1) is 5.82 Å². The summed E-state index contributed by atoms with van der Waals surface area (Å²) < 4.78 is 43.2. The van der Waals surface area contributed by atoms with Gasteiger partial charge >= 0.3 is 0 Å². The average Bonchev–Trinajstić information content (AvgIpc) is 3.07. The van der Waals surface area contributed by atoms with E-state index in [9.17, 15) is 12.8 Å². The van der Waals surface area contributed by atoms with Gasteiger partial charge in [-0.1, -0.05) is 29.8 Å². The molecule has 27 heavy (non-hydrogen) atoms. The molecule has 9 heteroatoms. The highest BCUT2D eigenvalue weighted by Crippen LogP contribution is 2.31. The van der Waals surface area contributed by atoms with Crippen molar-refractivity contribution in [3.05, 3.63) is 63.9 Å². The molecular formula is C18H19ClFN3O2S2. The Hall–Kier alpha value is -1.58. The maximum atomic E-state index is 14.0. The van der Waals surface area contributed by atoms with Gasteiger partial charge < -0.3 is 0 Å². The minimum Gasteiger partial charge on any atom is -0.239 e. The van der Waals surface area contributed by atoms with Crippen LogP contribution in [-0.2, 0) is 16.8 Å². The van der Waals surface area contributed by atoms with E-state index in [0.29, 0.717) is 5.01 Å². The van der Waals surface area contributed by atoms with Crippen molar-refractivity contribution in [2.45, 2.75) is 19.5 Å². The molecule has 0 fully saturated rings. The summed E-state index contributed by atoms with van der Waals surface area (Å²) in [5, 5.41) is 0.888. The molecule has 1 heterocycles. The van der Waals surface area contributed by atoms with Crippen LogP contribution < -0.4 is 0 Å². The standard InChI is InChI=1S/C18H19ClFN3O2S2/c1-12(18-21-16-9-4-5-10-17(16)26-18)23(3)27(24,25)22(2)11-13-14(19)7-6-8-15(13)20/h4-10,12H,11H2,1-3H3. The predicted molar refractivity (Wildman–Crippen MR) is 108 cm³/mol. The molecule has 0 aliphatic heterocycles. The Balaban J connectivity index is 1.84. The molecule has 0 N–H and O–H groups in total. The zero-order valence-corrected chi connectivity index (χ0v) is 17.4. The highest BCUT2D eigenvalue weighted by atomic mass is 35.5. The van der Waals surface area contributed by atoms with Crippen LogP contribution in [0.15, 0.2) is 42.5 Å². The minimum atomic E-state index is -3.85. The summed E-state index contributed by atoms with van der Waals surface area (Å²) >= 11 is 7.48. The van der Waals surface area contributed by atoms with Gasteiger partial charge in [0.05, 0.1) is 16.3 Å². The molecule has 0 aliphatic rings. The molecule has 1 unspecified atom stereocenters. The summed E-state index contributed by atoms with van der Waals surface area (Å²) in [5.41, 5.74) is 0.980. The first-order valence-electron chi connectivity index (χ1n) is 8.19. The van der Waals surface area contributed by atoms with Crippen LogP contribution in [0.25, 0.3) is 10.2 Å². The lowest BCUT2D eigenvalue weighted by Gasteiger charge is -2.28. The summed E-state index contributed by atoms with van der Waals surface area (Å²) in [7, 11) is -0.953. The summed E-state index contributed by atoms with van der Waals surface area (Å²) in [5.74, 6) is -0.536. The molecule has 5 nitrogen and oxygen atoms in total. The van der Waals surface area contributed by atoms with Crippen molar-refractivity contribution >= 4 is 43.4 Å². The van der Waals surface area contributed by atoms with Crippen LogP contribution in [0.5, 0.6) is 0 Å². The Morgan fingerprint density at radius 2 is 1.89 bits per heavy atom. The Labute approximate surface area is 167 Å². The third kappa shape index (κ3) is 4.00. The predicted octanol–water partition coefficient (Wildman–Crippen LogP) is 4.46. The maximum absolute atomic E-state index is 14.0.